The molecule has 6 aromatic rings. The van der Waals surface area contributed by atoms with Crippen molar-refractivity contribution in [2.24, 2.45) is 13.0 Å². The highest BCUT2D eigenvalue weighted by atomic mass is 19.1. The third-order valence-electron chi connectivity index (χ3n) is 12.3. The number of nitrogens with zero attached hydrogens (tertiary/aromatic N) is 6. The Kier molecular flexibility index (Phi) is 9.10. The number of aromatic hydroxyl groups is 1. The molecule has 4 heterocycles. The number of hydrogen-bond acceptors (Lipinski definition) is 10. The Bertz CT molecular complexity index is 2970. The quantitative estimate of drug-likeness (QED) is 0.160. The Morgan fingerprint density at radius 3 is 2.35 bits per heavy atom. The van der Waals surface area contributed by atoms with Crippen LogP contribution in [0.2, 0.25) is 0 Å². The first-order valence-corrected chi connectivity index (χ1v) is 19.4. The number of amides is 2. The molecule has 2 aromatic heterocycles. The zero-order chi connectivity index (χ0) is 42.2. The van der Waals surface area contributed by atoms with Gasteiger partial charge in [0.25, 0.3) is 17.4 Å². The molecular weight excluding hydrogens is 774 g/mol. The monoisotopic (exact) mass is 813 g/mol. The van der Waals surface area contributed by atoms with Gasteiger partial charge in [-0.25, -0.2) is 32.9 Å². The number of phenols is 1. The van der Waals surface area contributed by atoms with Crippen LogP contribution in [0.3, 0.4) is 0 Å². The van der Waals surface area contributed by atoms with E-state index in [2.05, 4.69) is 10.4 Å². The lowest BCUT2D eigenvalue weighted by Gasteiger charge is -2.49. The highest BCUT2D eigenvalue weighted by Crippen LogP contribution is 2.62. The molecule has 0 spiro atoms. The number of carbonyl (C=O) groups excluding carboxylic acids is 2. The van der Waals surface area contributed by atoms with Crippen LogP contribution < -0.4 is 31.8 Å². The molecule has 4 aromatic carbocycles. The summed E-state index contributed by atoms with van der Waals surface area (Å²) in [4.78, 5) is 76.9. The van der Waals surface area contributed by atoms with Crippen LogP contribution in [0, 0.1) is 18.7 Å². The molecule has 3 aliphatic rings. The van der Waals surface area contributed by atoms with Crippen LogP contribution in [-0.4, -0.2) is 59.6 Å². The SMILES string of the molecule is COc1cc2nc(CCn3c(=O)n4n(c3=O)C3CC5C(=O)N(Nc6ccc(C)cc6)C(=O)C5(c5ccccc5)C(c5cccc(F)c5O)C3=CC4)c(=O)n(C)c2cc1OC. The largest absolute Gasteiger partial charge is 0.505 e. The van der Waals surface area contributed by atoms with Crippen molar-refractivity contribution in [3.8, 4) is 17.2 Å². The number of hydrogen-bond donors (Lipinski definition) is 2. The molecule has 1 aliphatic carbocycles. The Morgan fingerprint density at radius 1 is 0.917 bits per heavy atom. The molecule has 1 saturated carbocycles. The van der Waals surface area contributed by atoms with Gasteiger partial charge in [0.05, 0.1) is 54.9 Å². The van der Waals surface area contributed by atoms with Crippen LogP contribution in [0.25, 0.3) is 11.0 Å². The Morgan fingerprint density at radius 2 is 1.63 bits per heavy atom. The van der Waals surface area contributed by atoms with E-state index < -0.39 is 63.6 Å². The number of fused-ring (bicyclic) bond motifs is 5. The molecule has 0 bridgehead atoms. The minimum Gasteiger partial charge on any atom is -0.505 e. The minimum absolute atomic E-state index is 0.0499. The van der Waals surface area contributed by atoms with E-state index in [1.54, 1.807) is 67.7 Å². The zero-order valence-electron chi connectivity index (χ0n) is 33.1. The van der Waals surface area contributed by atoms with Gasteiger partial charge in [-0.05, 0) is 42.7 Å². The average Bonchev–Trinajstić information content (AvgIpc) is 3.63. The van der Waals surface area contributed by atoms with Gasteiger partial charge in [0, 0.05) is 43.6 Å². The number of anilines is 1. The maximum Gasteiger partial charge on any atom is 0.347 e. The number of carbonyl (C=O) groups is 2. The fourth-order valence-corrected chi connectivity index (χ4v) is 9.45. The van der Waals surface area contributed by atoms with Crippen molar-refractivity contribution in [3.63, 3.8) is 0 Å². The molecule has 9 rings (SSSR count). The molecule has 4 atom stereocenters. The van der Waals surface area contributed by atoms with E-state index in [-0.39, 0.29) is 37.2 Å². The van der Waals surface area contributed by atoms with Crippen molar-refractivity contribution in [1.29, 1.82) is 0 Å². The third kappa shape index (κ3) is 5.53. The van der Waals surface area contributed by atoms with Crippen LogP contribution in [0.15, 0.2) is 111 Å². The normalized spacial score (nSPS) is 20.7. The first kappa shape index (κ1) is 38.3. The maximum atomic E-state index is 15.4. The summed E-state index contributed by atoms with van der Waals surface area (Å²) in [5, 5.41) is 12.4. The van der Waals surface area contributed by atoms with E-state index in [1.807, 2.05) is 19.1 Å². The number of rotatable bonds is 9. The van der Waals surface area contributed by atoms with Crippen molar-refractivity contribution in [2.75, 3.05) is 19.6 Å². The van der Waals surface area contributed by atoms with E-state index in [0.717, 1.165) is 21.2 Å². The van der Waals surface area contributed by atoms with Gasteiger partial charge in [-0.2, -0.15) is 5.01 Å². The van der Waals surface area contributed by atoms with E-state index in [1.165, 1.54) is 40.3 Å². The number of imide groups is 1. The molecule has 16 heteroatoms. The Labute approximate surface area is 341 Å². The molecule has 0 radical (unpaired) electrons. The van der Waals surface area contributed by atoms with E-state index in [9.17, 15) is 24.3 Å². The summed E-state index contributed by atoms with van der Waals surface area (Å²) in [6, 6.07) is 22.2. The lowest BCUT2D eigenvalue weighted by molar-refractivity contribution is -0.138. The first-order valence-electron chi connectivity index (χ1n) is 19.4. The second-order valence-electron chi connectivity index (χ2n) is 15.3. The van der Waals surface area contributed by atoms with Crippen LogP contribution in [0.5, 0.6) is 17.2 Å². The van der Waals surface area contributed by atoms with E-state index in [4.69, 9.17) is 9.47 Å². The number of para-hydroxylation sites is 1. The number of ether oxygens (including phenoxy) is 2. The number of benzene rings is 4. The summed E-state index contributed by atoms with van der Waals surface area (Å²) >= 11 is 0. The standard InChI is InChI=1S/C44H40FN7O8/c1-24-13-15-26(16-14-24)47-51-39(54)29-21-33-27(37(28-11-8-12-30(45)38(28)53)44(29,41(51)56)25-9-6-5-7-10-25)17-20-50-42(57)49(43(58)52(33)50)19-18-31-40(55)48(2)34-23-36(60-4)35(59-3)22-32(34)46-31/h5-17,22-23,29,33,37,47,53H,18-21H2,1-4H3. The summed E-state index contributed by atoms with van der Waals surface area (Å²) in [5.41, 5.74) is 2.97. The van der Waals surface area contributed by atoms with Gasteiger partial charge in [0.15, 0.2) is 23.1 Å². The Hall–Kier alpha value is -7.23. The minimum atomic E-state index is -1.72. The third-order valence-corrected chi connectivity index (χ3v) is 12.3. The van der Waals surface area contributed by atoms with Crippen molar-refractivity contribution < 1.29 is 28.6 Å². The molecule has 2 fully saturated rings. The summed E-state index contributed by atoms with van der Waals surface area (Å²) in [6.07, 6.45) is 1.56. The number of hydrazine groups is 1. The molecule has 60 heavy (non-hydrogen) atoms. The summed E-state index contributed by atoms with van der Waals surface area (Å²) in [7, 11) is 4.56. The number of aromatic nitrogens is 5. The average molecular weight is 814 g/mol. The zero-order valence-corrected chi connectivity index (χ0v) is 33.1. The van der Waals surface area contributed by atoms with Gasteiger partial charge in [-0.15, -0.1) is 0 Å². The molecule has 1 saturated heterocycles. The van der Waals surface area contributed by atoms with Gasteiger partial charge < -0.3 is 19.1 Å². The fourth-order valence-electron chi connectivity index (χ4n) is 9.45. The lowest BCUT2D eigenvalue weighted by Crippen LogP contribution is -2.53. The number of phenolic OH excluding ortho intramolecular Hbond substituents is 1. The van der Waals surface area contributed by atoms with Crippen molar-refractivity contribution in [3.05, 3.63) is 156 Å². The highest BCUT2D eigenvalue weighted by molar-refractivity contribution is 6.12. The van der Waals surface area contributed by atoms with Crippen LogP contribution >= 0.6 is 0 Å². The topological polar surface area (TPSA) is 172 Å². The summed E-state index contributed by atoms with van der Waals surface area (Å²) < 4.78 is 31.2. The second kappa shape index (κ2) is 14.2. The van der Waals surface area contributed by atoms with Crippen LogP contribution in [-0.2, 0) is 41.6 Å². The molecule has 4 unspecified atom stereocenters. The first-order chi connectivity index (χ1) is 28.9. The molecule has 15 nitrogen and oxygen atoms in total. The lowest BCUT2D eigenvalue weighted by atomic mass is 9.53. The number of allylic oxidation sites excluding steroid dienone is 2. The number of nitrogens with one attached hydrogen (secondary N) is 1. The molecule has 2 N–H and O–H groups in total. The van der Waals surface area contributed by atoms with Gasteiger partial charge >= 0.3 is 11.4 Å². The Balaban J connectivity index is 1.17. The van der Waals surface area contributed by atoms with Crippen molar-refractivity contribution >= 4 is 28.5 Å². The van der Waals surface area contributed by atoms with Gasteiger partial charge in [-0.3, -0.25) is 19.8 Å². The smallest absolute Gasteiger partial charge is 0.347 e. The van der Waals surface area contributed by atoms with Gasteiger partial charge in [0.2, 0.25) is 0 Å². The van der Waals surface area contributed by atoms with Gasteiger partial charge in [0.1, 0.15) is 5.69 Å². The van der Waals surface area contributed by atoms with Crippen LogP contribution in [0.4, 0.5) is 10.1 Å². The predicted octanol–water partition coefficient (Wildman–Crippen LogP) is 4.09. The van der Waals surface area contributed by atoms with E-state index >= 15 is 9.18 Å². The second-order valence-corrected chi connectivity index (χ2v) is 15.3. The maximum absolute atomic E-state index is 15.4. The summed E-state index contributed by atoms with van der Waals surface area (Å²) in [6.45, 7) is 1.59. The number of methoxy groups -OCH3 is 2. The van der Waals surface area contributed by atoms with Crippen molar-refractivity contribution in [2.45, 2.75) is 50.2 Å². The molecule has 2 amide bonds. The molecule has 2 aliphatic heterocycles. The van der Waals surface area contributed by atoms with Crippen molar-refractivity contribution in [1.82, 2.24) is 28.5 Å². The summed E-state index contributed by atoms with van der Waals surface area (Å²) in [5.74, 6) is -4.34. The molecular formula is C44H40FN7O8. The highest BCUT2D eigenvalue weighted by Gasteiger charge is 2.69. The van der Waals surface area contributed by atoms with E-state index in [0.29, 0.717) is 39.4 Å². The van der Waals surface area contributed by atoms with Crippen LogP contribution in [0.1, 0.15) is 40.8 Å². The number of halogens is 1. The number of aryl methyl sites for hydroxylation is 3. The molecule has 306 valence electrons. The predicted molar refractivity (Wildman–Crippen MR) is 218 cm³/mol. The van der Waals surface area contributed by atoms with Gasteiger partial charge in [-0.1, -0.05) is 66.2 Å². The fraction of sp³-hybridized carbons (Fsp3) is 0.273.